The molecule has 2 atom stereocenters. The Morgan fingerprint density at radius 3 is 1.40 bits per heavy atom. The Labute approximate surface area is 205 Å². The molecule has 2 nitrogen and oxygen atoms in total. The smallest absolute Gasteiger partial charge is 0.0530 e. The number of aryl methyl sites for hydroxylation is 2. The van der Waals surface area contributed by atoms with Crippen LogP contribution in [0.2, 0.25) is 0 Å². The standard InChI is InChI=1S/C33H26N2/c1-34-28-17-9-7-15-24(28)30-26(20-11-3-5-13-22(20)32(30)34)19-27-21-12-4-6-14-23(21)33-31(27)25-16-8-10-18-29(25)35(33)2/h3-18,26-27H,19H2,1-2H3. The highest BCUT2D eigenvalue weighted by atomic mass is 15.0. The van der Waals surface area contributed by atoms with E-state index in [4.69, 9.17) is 0 Å². The van der Waals surface area contributed by atoms with Crippen LogP contribution in [0, 0.1) is 0 Å². The van der Waals surface area contributed by atoms with E-state index in [-0.39, 0.29) is 0 Å². The maximum absolute atomic E-state index is 2.41. The second-order valence-corrected chi connectivity index (χ2v) is 10.2. The first-order valence-corrected chi connectivity index (χ1v) is 12.6. The fourth-order valence-electron chi connectivity index (χ4n) is 7.27. The SMILES string of the molecule is Cn1c2c(c3ccccc31)C(CC1c3ccccc3-c3c1c1ccccc1n3C)c1ccccc1-2. The summed E-state index contributed by atoms with van der Waals surface area (Å²) in [5.74, 6) is 0.741. The summed E-state index contributed by atoms with van der Waals surface area (Å²) in [6.45, 7) is 0. The van der Waals surface area contributed by atoms with E-state index in [0.717, 1.165) is 6.42 Å². The molecule has 0 N–H and O–H groups in total. The third kappa shape index (κ3) is 2.34. The number of hydrogen-bond acceptors (Lipinski definition) is 0. The van der Waals surface area contributed by atoms with Gasteiger partial charge in [-0.1, -0.05) is 84.9 Å². The molecule has 0 fully saturated rings. The fourth-order valence-corrected chi connectivity index (χ4v) is 7.27. The molecule has 0 radical (unpaired) electrons. The monoisotopic (exact) mass is 450 g/mol. The van der Waals surface area contributed by atoms with Gasteiger partial charge in [0, 0.05) is 58.9 Å². The minimum Gasteiger partial charge on any atom is -0.343 e. The van der Waals surface area contributed by atoms with E-state index in [0.29, 0.717) is 11.8 Å². The lowest BCUT2D eigenvalue weighted by molar-refractivity contribution is 0.668. The zero-order chi connectivity index (χ0) is 23.3. The van der Waals surface area contributed by atoms with Gasteiger partial charge in [-0.3, -0.25) is 0 Å². The van der Waals surface area contributed by atoms with Gasteiger partial charge in [0.1, 0.15) is 0 Å². The van der Waals surface area contributed by atoms with Crippen LogP contribution in [0.25, 0.3) is 44.3 Å². The van der Waals surface area contributed by atoms with E-state index < -0.39 is 0 Å². The van der Waals surface area contributed by atoms with E-state index in [1.165, 1.54) is 66.6 Å². The minimum atomic E-state index is 0.371. The van der Waals surface area contributed by atoms with Crippen LogP contribution in [0.5, 0.6) is 0 Å². The fraction of sp³-hybridized carbons (Fsp3) is 0.152. The third-order valence-corrected chi connectivity index (χ3v) is 8.64. The quantitative estimate of drug-likeness (QED) is 0.253. The molecule has 2 heterocycles. The molecular weight excluding hydrogens is 424 g/mol. The molecule has 35 heavy (non-hydrogen) atoms. The lowest BCUT2D eigenvalue weighted by atomic mass is 9.81. The van der Waals surface area contributed by atoms with Crippen molar-refractivity contribution in [1.82, 2.24) is 9.13 Å². The first-order chi connectivity index (χ1) is 17.2. The molecule has 2 unspecified atom stereocenters. The molecule has 0 amide bonds. The summed E-state index contributed by atoms with van der Waals surface area (Å²) in [5, 5.41) is 2.80. The first kappa shape index (κ1) is 19.3. The van der Waals surface area contributed by atoms with Gasteiger partial charge in [0.15, 0.2) is 0 Å². The Hall–Kier alpha value is -4.04. The van der Waals surface area contributed by atoms with Gasteiger partial charge in [-0.05, 0) is 40.8 Å². The number of rotatable bonds is 2. The molecule has 8 rings (SSSR count). The molecule has 6 aromatic rings. The van der Waals surface area contributed by atoms with E-state index >= 15 is 0 Å². The summed E-state index contributed by atoms with van der Waals surface area (Å²) in [4.78, 5) is 0. The molecule has 0 aliphatic heterocycles. The molecule has 4 aromatic carbocycles. The second-order valence-electron chi connectivity index (χ2n) is 10.2. The summed E-state index contributed by atoms with van der Waals surface area (Å²) in [5.41, 5.74) is 14.2. The van der Waals surface area contributed by atoms with Crippen molar-refractivity contribution in [3.63, 3.8) is 0 Å². The Balaban J connectivity index is 1.39. The highest BCUT2D eigenvalue weighted by molar-refractivity contribution is 5.98. The van der Waals surface area contributed by atoms with Crippen LogP contribution in [0.15, 0.2) is 97.1 Å². The van der Waals surface area contributed by atoms with Crippen molar-refractivity contribution in [2.45, 2.75) is 18.3 Å². The lowest BCUT2D eigenvalue weighted by Crippen LogP contribution is -2.05. The van der Waals surface area contributed by atoms with Crippen molar-refractivity contribution in [3.8, 4) is 22.5 Å². The first-order valence-electron chi connectivity index (χ1n) is 12.6. The van der Waals surface area contributed by atoms with Crippen LogP contribution in [0.3, 0.4) is 0 Å². The van der Waals surface area contributed by atoms with E-state index in [2.05, 4.69) is 120 Å². The summed E-state index contributed by atoms with van der Waals surface area (Å²) < 4.78 is 4.82. The maximum Gasteiger partial charge on any atom is 0.0530 e. The molecular formula is C33H26N2. The molecule has 0 saturated carbocycles. The van der Waals surface area contributed by atoms with Crippen LogP contribution in [0.4, 0.5) is 0 Å². The Morgan fingerprint density at radius 2 is 0.914 bits per heavy atom. The molecule has 0 spiro atoms. The molecule has 168 valence electrons. The predicted octanol–water partition coefficient (Wildman–Crippen LogP) is 7.98. The van der Waals surface area contributed by atoms with E-state index in [1.807, 2.05) is 0 Å². The maximum atomic E-state index is 2.41. The van der Waals surface area contributed by atoms with Crippen LogP contribution in [-0.4, -0.2) is 9.13 Å². The third-order valence-electron chi connectivity index (χ3n) is 8.64. The number of hydrogen-bond donors (Lipinski definition) is 0. The molecule has 2 aromatic heterocycles. The molecule has 2 aliphatic rings. The average molecular weight is 451 g/mol. The normalized spacial score (nSPS) is 17.5. The number of para-hydroxylation sites is 2. The molecule has 2 heteroatoms. The molecule has 0 bridgehead atoms. The van der Waals surface area contributed by atoms with Gasteiger partial charge in [0.2, 0.25) is 0 Å². The van der Waals surface area contributed by atoms with E-state index in [9.17, 15) is 0 Å². The predicted molar refractivity (Wildman–Crippen MR) is 145 cm³/mol. The summed E-state index contributed by atoms with van der Waals surface area (Å²) in [6, 6.07) is 36.0. The number of nitrogens with zero attached hydrogens (tertiary/aromatic N) is 2. The van der Waals surface area contributed by atoms with Gasteiger partial charge < -0.3 is 9.13 Å². The Kier molecular flexibility index (Phi) is 3.73. The second kappa shape index (κ2) is 6.76. The highest BCUT2D eigenvalue weighted by Gasteiger charge is 2.40. The number of aromatic nitrogens is 2. The van der Waals surface area contributed by atoms with Crippen LogP contribution in [-0.2, 0) is 14.1 Å². The van der Waals surface area contributed by atoms with Gasteiger partial charge in [-0.15, -0.1) is 0 Å². The zero-order valence-electron chi connectivity index (χ0n) is 20.0. The van der Waals surface area contributed by atoms with E-state index in [1.54, 1.807) is 0 Å². The summed E-state index contributed by atoms with van der Waals surface area (Å²) in [6.07, 6.45) is 1.08. The van der Waals surface area contributed by atoms with Crippen molar-refractivity contribution in [2.75, 3.05) is 0 Å². The zero-order valence-corrected chi connectivity index (χ0v) is 20.0. The van der Waals surface area contributed by atoms with Gasteiger partial charge in [0.25, 0.3) is 0 Å². The van der Waals surface area contributed by atoms with Gasteiger partial charge >= 0.3 is 0 Å². The van der Waals surface area contributed by atoms with Gasteiger partial charge in [-0.25, -0.2) is 0 Å². The Morgan fingerprint density at radius 1 is 0.514 bits per heavy atom. The molecule has 0 saturated heterocycles. The van der Waals surface area contributed by atoms with Gasteiger partial charge in [-0.2, -0.15) is 0 Å². The van der Waals surface area contributed by atoms with Crippen LogP contribution >= 0.6 is 0 Å². The van der Waals surface area contributed by atoms with Crippen molar-refractivity contribution < 1.29 is 0 Å². The van der Waals surface area contributed by atoms with Crippen molar-refractivity contribution in [2.24, 2.45) is 14.1 Å². The number of benzene rings is 4. The average Bonchev–Trinajstić information content (AvgIpc) is 3.59. The largest absolute Gasteiger partial charge is 0.343 e. The topological polar surface area (TPSA) is 9.86 Å². The van der Waals surface area contributed by atoms with Crippen molar-refractivity contribution >= 4 is 21.8 Å². The summed E-state index contributed by atoms with van der Waals surface area (Å²) >= 11 is 0. The van der Waals surface area contributed by atoms with Crippen LogP contribution < -0.4 is 0 Å². The van der Waals surface area contributed by atoms with Crippen LogP contribution in [0.1, 0.15) is 40.5 Å². The molecule has 2 aliphatic carbocycles. The summed E-state index contributed by atoms with van der Waals surface area (Å²) in [7, 11) is 4.46. The van der Waals surface area contributed by atoms with Crippen molar-refractivity contribution in [3.05, 3.63) is 119 Å². The number of fused-ring (bicyclic) bond motifs is 10. The Bertz CT molecular complexity index is 1680. The van der Waals surface area contributed by atoms with Gasteiger partial charge in [0.05, 0.1) is 11.4 Å². The van der Waals surface area contributed by atoms with Crippen molar-refractivity contribution in [1.29, 1.82) is 0 Å². The highest BCUT2D eigenvalue weighted by Crippen LogP contribution is 2.57. The lowest BCUT2D eigenvalue weighted by Gasteiger charge is -2.21. The minimum absolute atomic E-state index is 0.371.